The highest BCUT2D eigenvalue weighted by Crippen LogP contribution is 2.29. The molecule has 0 atom stereocenters. The van der Waals surface area contributed by atoms with Gasteiger partial charge < -0.3 is 10.6 Å². The van der Waals surface area contributed by atoms with Crippen molar-refractivity contribution >= 4 is 69.7 Å². The summed E-state index contributed by atoms with van der Waals surface area (Å²) in [6.07, 6.45) is 1.61. The zero-order chi connectivity index (χ0) is 28.4. The Morgan fingerprint density at radius 2 is 1.80 bits per heavy atom. The second-order valence-corrected chi connectivity index (χ2v) is 11.7. The first-order valence-corrected chi connectivity index (χ1v) is 15.1. The largest absolute Gasteiger partial charge is 0.457 e. The van der Waals surface area contributed by atoms with Gasteiger partial charge in [0.05, 0.1) is 12.0 Å². The van der Waals surface area contributed by atoms with Crippen LogP contribution in [-0.4, -0.2) is 42.9 Å². The van der Waals surface area contributed by atoms with Crippen molar-refractivity contribution in [2.24, 2.45) is 5.10 Å². The van der Waals surface area contributed by atoms with Gasteiger partial charge in [-0.1, -0.05) is 88.9 Å². The number of amides is 1. The molecule has 3 aromatic carbocycles. The molecule has 0 unspecified atom stereocenters. The van der Waals surface area contributed by atoms with E-state index in [1.54, 1.807) is 6.21 Å². The molecule has 0 fully saturated rings. The number of halogens is 1. The first-order valence-electron chi connectivity index (χ1n) is 12.0. The zero-order valence-corrected chi connectivity index (χ0v) is 24.4. The van der Waals surface area contributed by atoms with Crippen LogP contribution in [0, 0.1) is 0 Å². The smallest absolute Gasteiger partial charge is 0.264 e. The fourth-order valence-electron chi connectivity index (χ4n) is 3.23. The summed E-state index contributed by atoms with van der Waals surface area (Å²) in [6.45, 7) is 0. The highest BCUT2D eigenvalue weighted by Gasteiger charge is 2.14. The van der Waals surface area contributed by atoms with Gasteiger partial charge in [-0.2, -0.15) is 5.10 Å². The van der Waals surface area contributed by atoms with Crippen LogP contribution in [0.25, 0.3) is 0 Å². The number of anilines is 2. The highest BCUT2D eigenvalue weighted by atomic mass is 35.5. The van der Waals surface area contributed by atoms with Crippen LogP contribution in [0.15, 0.2) is 93.5 Å². The summed E-state index contributed by atoms with van der Waals surface area (Å²) in [5.41, 5.74) is 4.69. The van der Waals surface area contributed by atoms with Gasteiger partial charge >= 0.3 is 0 Å². The van der Waals surface area contributed by atoms with E-state index in [0.29, 0.717) is 21.1 Å². The quantitative estimate of drug-likeness (QED) is 0.0515. The molecular weight excluding hydrogens is 602 g/mol. The number of nitrogens with zero attached hydrogens (tertiary/aromatic N) is 6. The Hall–Kier alpha value is -4.11. The molecule has 0 aliphatic carbocycles. The second-order valence-electron chi connectivity index (χ2n) is 8.16. The lowest BCUT2D eigenvalue weighted by Gasteiger charge is -2.06. The van der Waals surface area contributed by atoms with Gasteiger partial charge in [0, 0.05) is 10.8 Å². The fourth-order valence-corrected chi connectivity index (χ4v) is 5.74. The SMILES string of the molecule is Nn1c(N/N=C/c2cccc(Oc3ccccc3)c2)nnc1SCC(=O)Nc1nnc(SCc2ccc(Cl)cc2)s1. The molecule has 2 aromatic heterocycles. The molecule has 15 heteroatoms. The van der Waals surface area contributed by atoms with Crippen LogP contribution in [0.1, 0.15) is 11.1 Å². The molecule has 5 rings (SSSR count). The molecule has 1 amide bonds. The number of thioether (sulfide) groups is 2. The van der Waals surface area contributed by atoms with Gasteiger partial charge in [-0.05, 0) is 47.5 Å². The molecule has 2 heterocycles. The summed E-state index contributed by atoms with van der Waals surface area (Å²) >= 11 is 9.88. The van der Waals surface area contributed by atoms with Crippen LogP contribution in [0.3, 0.4) is 0 Å². The zero-order valence-electron chi connectivity index (χ0n) is 21.2. The Morgan fingerprint density at radius 1 is 1.00 bits per heavy atom. The highest BCUT2D eigenvalue weighted by molar-refractivity contribution is 8.00. The molecule has 0 bridgehead atoms. The van der Waals surface area contributed by atoms with Gasteiger partial charge in [0.2, 0.25) is 16.2 Å². The Labute approximate surface area is 252 Å². The summed E-state index contributed by atoms with van der Waals surface area (Å²) in [7, 11) is 0. The number of para-hydroxylation sites is 1. The number of benzene rings is 3. The van der Waals surface area contributed by atoms with E-state index in [1.807, 2.05) is 78.9 Å². The molecule has 208 valence electrons. The van der Waals surface area contributed by atoms with Crippen LogP contribution in [0.5, 0.6) is 11.5 Å². The van der Waals surface area contributed by atoms with Crippen molar-refractivity contribution in [3.63, 3.8) is 0 Å². The number of hydrogen-bond acceptors (Lipinski definition) is 12. The number of nitrogens with two attached hydrogens (primary N) is 1. The summed E-state index contributed by atoms with van der Waals surface area (Å²) < 4.78 is 7.82. The molecule has 0 aliphatic rings. The molecule has 0 aliphatic heterocycles. The van der Waals surface area contributed by atoms with Crippen molar-refractivity contribution in [1.29, 1.82) is 0 Å². The Kier molecular flexibility index (Phi) is 9.69. The molecule has 5 aromatic rings. The molecule has 0 spiro atoms. The Bertz CT molecular complexity index is 1630. The minimum atomic E-state index is -0.270. The van der Waals surface area contributed by atoms with E-state index in [0.717, 1.165) is 38.7 Å². The van der Waals surface area contributed by atoms with Crippen LogP contribution >= 0.6 is 46.5 Å². The third-order valence-electron chi connectivity index (χ3n) is 5.14. The van der Waals surface area contributed by atoms with Crippen molar-refractivity contribution in [3.8, 4) is 11.5 Å². The number of ether oxygens (including phenoxy) is 1. The van der Waals surface area contributed by atoms with Gasteiger partial charge in [0.1, 0.15) is 11.5 Å². The van der Waals surface area contributed by atoms with Crippen LogP contribution < -0.4 is 21.3 Å². The van der Waals surface area contributed by atoms with Crippen LogP contribution in [0.2, 0.25) is 5.02 Å². The molecule has 0 saturated heterocycles. The van der Waals surface area contributed by atoms with Gasteiger partial charge in [-0.15, -0.1) is 20.4 Å². The second kappa shape index (κ2) is 14.0. The number of nitrogen functional groups attached to an aromatic ring is 1. The first kappa shape index (κ1) is 28.4. The van der Waals surface area contributed by atoms with Crippen molar-refractivity contribution < 1.29 is 9.53 Å². The normalized spacial score (nSPS) is 11.0. The molecule has 11 nitrogen and oxygen atoms in total. The predicted octanol–water partition coefficient (Wildman–Crippen LogP) is 5.76. The van der Waals surface area contributed by atoms with E-state index < -0.39 is 0 Å². The average Bonchev–Trinajstić information content (AvgIpc) is 3.58. The standard InChI is InChI=1S/C26H22ClN9O2S3/c27-19-11-9-17(10-12-19)15-40-26-35-33-24(41-26)30-22(37)16-39-25-34-32-23(36(25)28)31-29-14-18-5-4-8-21(13-18)38-20-6-2-1-3-7-20/h1-14H,15-16,28H2,(H,31,32)(H,30,33,37)/b29-14+. The molecule has 0 saturated carbocycles. The third kappa shape index (κ3) is 8.44. The Morgan fingerprint density at radius 3 is 2.63 bits per heavy atom. The molecular formula is C26H22ClN9O2S3. The number of carbonyl (C=O) groups is 1. The number of carbonyl (C=O) groups excluding carboxylic acids is 1. The number of nitrogens with one attached hydrogen (secondary N) is 2. The lowest BCUT2D eigenvalue weighted by atomic mass is 10.2. The molecule has 4 N–H and O–H groups in total. The summed E-state index contributed by atoms with van der Waals surface area (Å²) in [5, 5.41) is 24.5. The topological polar surface area (TPSA) is 145 Å². The minimum absolute atomic E-state index is 0.0552. The van der Waals surface area contributed by atoms with E-state index in [9.17, 15) is 4.79 Å². The van der Waals surface area contributed by atoms with Crippen molar-refractivity contribution in [3.05, 3.63) is 95.0 Å². The monoisotopic (exact) mass is 623 g/mol. The van der Waals surface area contributed by atoms with Crippen molar-refractivity contribution in [2.45, 2.75) is 15.2 Å². The fraction of sp³-hybridized carbons (Fsp3) is 0.0769. The number of rotatable bonds is 12. The lowest BCUT2D eigenvalue weighted by Crippen LogP contribution is -2.16. The van der Waals surface area contributed by atoms with E-state index in [1.165, 1.54) is 27.8 Å². The third-order valence-corrected chi connectivity index (χ3v) is 8.38. The van der Waals surface area contributed by atoms with Crippen LogP contribution in [0.4, 0.5) is 11.1 Å². The Balaban J connectivity index is 1.07. The average molecular weight is 624 g/mol. The number of hydrazone groups is 1. The first-order chi connectivity index (χ1) is 20.0. The molecule has 0 radical (unpaired) electrons. The maximum Gasteiger partial charge on any atom is 0.264 e. The number of hydrogen-bond donors (Lipinski definition) is 3. The van der Waals surface area contributed by atoms with Gasteiger partial charge in [0.15, 0.2) is 4.34 Å². The van der Waals surface area contributed by atoms with E-state index in [2.05, 4.69) is 36.2 Å². The summed E-state index contributed by atoms with van der Waals surface area (Å²) in [4.78, 5) is 12.4. The van der Waals surface area contributed by atoms with Crippen LogP contribution in [-0.2, 0) is 10.5 Å². The minimum Gasteiger partial charge on any atom is -0.457 e. The summed E-state index contributed by atoms with van der Waals surface area (Å²) in [6, 6.07) is 24.6. The van der Waals surface area contributed by atoms with E-state index in [-0.39, 0.29) is 17.6 Å². The lowest BCUT2D eigenvalue weighted by molar-refractivity contribution is -0.113. The number of aromatic nitrogens is 5. The maximum absolute atomic E-state index is 12.4. The summed E-state index contributed by atoms with van der Waals surface area (Å²) in [5.74, 6) is 8.22. The van der Waals surface area contributed by atoms with Crippen molar-refractivity contribution in [1.82, 2.24) is 25.1 Å². The van der Waals surface area contributed by atoms with Gasteiger partial charge in [-0.3, -0.25) is 10.1 Å². The molecule has 41 heavy (non-hydrogen) atoms. The predicted molar refractivity (Wildman–Crippen MR) is 165 cm³/mol. The van der Waals surface area contributed by atoms with Crippen molar-refractivity contribution in [2.75, 3.05) is 22.3 Å². The van der Waals surface area contributed by atoms with Gasteiger partial charge in [-0.25, -0.2) is 10.1 Å². The van der Waals surface area contributed by atoms with Gasteiger partial charge in [0.25, 0.3) is 5.95 Å². The van der Waals surface area contributed by atoms with E-state index >= 15 is 0 Å². The van der Waals surface area contributed by atoms with E-state index in [4.69, 9.17) is 22.2 Å². The maximum atomic E-state index is 12.4.